The number of rotatable bonds is 1. The molecule has 0 saturated heterocycles. The molecule has 2 heterocycles. The number of carboxylic acid groups (broad SMARTS) is 1. The zero-order valence-electron chi connectivity index (χ0n) is 6.94. The maximum atomic E-state index is 10.7. The number of nitrogens with zero attached hydrogens (tertiary/aromatic N) is 1. The summed E-state index contributed by atoms with van der Waals surface area (Å²) in [6, 6.07) is 3.13. The van der Waals surface area contributed by atoms with Crippen molar-refractivity contribution in [3.05, 3.63) is 29.7 Å². The van der Waals surface area contributed by atoms with E-state index in [0.29, 0.717) is 16.9 Å². The molecule has 0 amide bonds. The number of carbonyl (C=O) groups is 1. The summed E-state index contributed by atoms with van der Waals surface area (Å²) in [6.45, 7) is 1.76. The zero-order chi connectivity index (χ0) is 9.42. The first kappa shape index (κ1) is 7.79. The SMILES string of the molecule is Cc1cc2nccc(C(=O)O)c2o1. The van der Waals surface area contributed by atoms with E-state index in [0.717, 1.165) is 0 Å². The Balaban J connectivity index is 2.82. The molecule has 0 aliphatic rings. The summed E-state index contributed by atoms with van der Waals surface area (Å²) in [5.41, 5.74) is 1.07. The van der Waals surface area contributed by atoms with Gasteiger partial charge in [-0.05, 0) is 13.0 Å². The van der Waals surface area contributed by atoms with Crippen LogP contribution in [0.2, 0.25) is 0 Å². The summed E-state index contributed by atoms with van der Waals surface area (Å²) >= 11 is 0. The first-order chi connectivity index (χ1) is 6.18. The summed E-state index contributed by atoms with van der Waals surface area (Å²) in [7, 11) is 0. The predicted octanol–water partition coefficient (Wildman–Crippen LogP) is 1.83. The molecule has 2 aromatic rings. The molecule has 0 saturated carbocycles. The summed E-state index contributed by atoms with van der Waals surface area (Å²) in [5.74, 6) is -0.335. The lowest BCUT2D eigenvalue weighted by Gasteiger charge is -1.93. The molecule has 4 heteroatoms. The fourth-order valence-corrected chi connectivity index (χ4v) is 1.23. The Morgan fingerprint density at radius 3 is 3.08 bits per heavy atom. The summed E-state index contributed by atoms with van der Waals surface area (Å²) < 4.78 is 5.22. The van der Waals surface area contributed by atoms with Crippen LogP contribution in [0.4, 0.5) is 0 Å². The first-order valence-corrected chi connectivity index (χ1v) is 3.77. The smallest absolute Gasteiger partial charge is 0.339 e. The molecule has 4 nitrogen and oxygen atoms in total. The molecular formula is C9H7NO3. The van der Waals surface area contributed by atoms with Gasteiger partial charge in [0.1, 0.15) is 16.8 Å². The Morgan fingerprint density at radius 2 is 2.38 bits per heavy atom. The van der Waals surface area contributed by atoms with Crippen LogP contribution >= 0.6 is 0 Å². The van der Waals surface area contributed by atoms with Gasteiger partial charge in [0.15, 0.2) is 5.58 Å². The third-order valence-corrected chi connectivity index (χ3v) is 1.77. The van der Waals surface area contributed by atoms with Crippen LogP contribution in [0.1, 0.15) is 16.1 Å². The molecule has 1 N–H and O–H groups in total. The molecule has 0 atom stereocenters. The number of carboxylic acids is 1. The van der Waals surface area contributed by atoms with E-state index < -0.39 is 5.97 Å². The second-order valence-corrected chi connectivity index (χ2v) is 2.74. The van der Waals surface area contributed by atoms with Crippen LogP contribution in [-0.2, 0) is 0 Å². The van der Waals surface area contributed by atoms with Gasteiger partial charge in [-0.2, -0.15) is 0 Å². The van der Waals surface area contributed by atoms with E-state index in [1.165, 1.54) is 12.3 Å². The molecular weight excluding hydrogens is 170 g/mol. The van der Waals surface area contributed by atoms with Gasteiger partial charge in [-0.3, -0.25) is 4.98 Å². The van der Waals surface area contributed by atoms with Crippen LogP contribution in [0.5, 0.6) is 0 Å². The van der Waals surface area contributed by atoms with Gasteiger partial charge in [0.05, 0.1) is 0 Å². The lowest BCUT2D eigenvalue weighted by atomic mass is 10.2. The van der Waals surface area contributed by atoms with Crippen LogP contribution in [0.25, 0.3) is 11.1 Å². The Bertz CT molecular complexity index is 473. The van der Waals surface area contributed by atoms with Crippen molar-refractivity contribution >= 4 is 17.1 Å². The molecule has 66 valence electrons. The molecule has 0 aliphatic heterocycles. The second kappa shape index (κ2) is 2.58. The number of furan rings is 1. The molecule has 0 aromatic carbocycles. The predicted molar refractivity (Wildman–Crippen MR) is 45.7 cm³/mol. The van der Waals surface area contributed by atoms with E-state index in [9.17, 15) is 4.79 Å². The third-order valence-electron chi connectivity index (χ3n) is 1.77. The van der Waals surface area contributed by atoms with E-state index >= 15 is 0 Å². The van der Waals surface area contributed by atoms with Gasteiger partial charge < -0.3 is 9.52 Å². The van der Waals surface area contributed by atoms with E-state index in [1.54, 1.807) is 13.0 Å². The minimum Gasteiger partial charge on any atom is -0.478 e. The summed E-state index contributed by atoms with van der Waals surface area (Å²) in [5, 5.41) is 8.80. The van der Waals surface area contributed by atoms with Crippen molar-refractivity contribution in [3.8, 4) is 0 Å². The number of aromatic carboxylic acids is 1. The van der Waals surface area contributed by atoms with E-state index in [4.69, 9.17) is 9.52 Å². The van der Waals surface area contributed by atoms with E-state index in [1.807, 2.05) is 0 Å². The van der Waals surface area contributed by atoms with Crippen LogP contribution in [-0.4, -0.2) is 16.1 Å². The highest BCUT2D eigenvalue weighted by molar-refractivity contribution is 5.99. The highest BCUT2D eigenvalue weighted by Gasteiger charge is 2.12. The van der Waals surface area contributed by atoms with Crippen molar-refractivity contribution in [2.45, 2.75) is 6.92 Å². The monoisotopic (exact) mass is 177 g/mol. The molecule has 0 radical (unpaired) electrons. The van der Waals surface area contributed by atoms with Crippen LogP contribution in [0.15, 0.2) is 22.7 Å². The average molecular weight is 177 g/mol. The van der Waals surface area contributed by atoms with Crippen molar-refractivity contribution in [3.63, 3.8) is 0 Å². The minimum atomic E-state index is -0.998. The minimum absolute atomic E-state index is 0.151. The first-order valence-electron chi connectivity index (χ1n) is 3.77. The fourth-order valence-electron chi connectivity index (χ4n) is 1.23. The lowest BCUT2D eigenvalue weighted by molar-refractivity contribution is 0.0697. The van der Waals surface area contributed by atoms with Crippen molar-refractivity contribution in [1.82, 2.24) is 4.98 Å². The highest BCUT2D eigenvalue weighted by Crippen LogP contribution is 2.20. The van der Waals surface area contributed by atoms with Gasteiger partial charge in [-0.1, -0.05) is 0 Å². The second-order valence-electron chi connectivity index (χ2n) is 2.74. The normalized spacial score (nSPS) is 10.5. The van der Waals surface area contributed by atoms with Crippen LogP contribution in [0.3, 0.4) is 0 Å². The Morgan fingerprint density at radius 1 is 1.62 bits per heavy atom. The Kier molecular flexibility index (Phi) is 1.55. The number of fused-ring (bicyclic) bond motifs is 1. The molecule has 2 aromatic heterocycles. The number of pyridine rings is 1. The standard InChI is InChI=1S/C9H7NO3/c1-5-4-7-8(13-5)6(9(11)12)2-3-10-7/h2-4H,1H3,(H,11,12). The van der Waals surface area contributed by atoms with Gasteiger partial charge >= 0.3 is 5.97 Å². The molecule has 0 bridgehead atoms. The largest absolute Gasteiger partial charge is 0.478 e. The molecule has 2 rings (SSSR count). The van der Waals surface area contributed by atoms with Gasteiger partial charge in [-0.15, -0.1) is 0 Å². The van der Waals surface area contributed by atoms with Gasteiger partial charge in [0.2, 0.25) is 0 Å². The fraction of sp³-hybridized carbons (Fsp3) is 0.111. The van der Waals surface area contributed by atoms with Crippen molar-refractivity contribution in [1.29, 1.82) is 0 Å². The average Bonchev–Trinajstić information content (AvgIpc) is 2.43. The van der Waals surface area contributed by atoms with E-state index in [-0.39, 0.29) is 5.56 Å². The van der Waals surface area contributed by atoms with Crippen molar-refractivity contribution < 1.29 is 14.3 Å². The van der Waals surface area contributed by atoms with Gasteiger partial charge in [-0.25, -0.2) is 4.79 Å². The Hall–Kier alpha value is -1.84. The topological polar surface area (TPSA) is 63.3 Å². The molecule has 0 fully saturated rings. The third kappa shape index (κ3) is 1.16. The number of aryl methyl sites for hydroxylation is 1. The quantitative estimate of drug-likeness (QED) is 0.721. The van der Waals surface area contributed by atoms with Crippen LogP contribution < -0.4 is 0 Å². The maximum absolute atomic E-state index is 10.7. The number of hydrogen-bond acceptors (Lipinski definition) is 3. The summed E-state index contributed by atoms with van der Waals surface area (Å²) in [4.78, 5) is 14.7. The number of aromatic nitrogens is 1. The maximum Gasteiger partial charge on any atom is 0.339 e. The molecule has 0 unspecified atom stereocenters. The number of hydrogen-bond donors (Lipinski definition) is 1. The lowest BCUT2D eigenvalue weighted by Crippen LogP contribution is -1.96. The van der Waals surface area contributed by atoms with E-state index in [2.05, 4.69) is 4.98 Å². The van der Waals surface area contributed by atoms with Crippen LogP contribution in [0, 0.1) is 6.92 Å². The van der Waals surface area contributed by atoms with Gasteiger partial charge in [0, 0.05) is 12.3 Å². The van der Waals surface area contributed by atoms with Crippen molar-refractivity contribution in [2.75, 3.05) is 0 Å². The molecule has 13 heavy (non-hydrogen) atoms. The van der Waals surface area contributed by atoms with Gasteiger partial charge in [0.25, 0.3) is 0 Å². The zero-order valence-corrected chi connectivity index (χ0v) is 6.94. The molecule has 0 aliphatic carbocycles. The van der Waals surface area contributed by atoms with Crippen molar-refractivity contribution in [2.24, 2.45) is 0 Å². The Labute approximate surface area is 73.8 Å². The highest BCUT2D eigenvalue weighted by atomic mass is 16.4. The summed E-state index contributed by atoms with van der Waals surface area (Å²) in [6.07, 6.45) is 1.46. The molecule has 0 spiro atoms.